The van der Waals surface area contributed by atoms with Crippen LogP contribution in [-0.2, 0) is 9.53 Å². The van der Waals surface area contributed by atoms with Crippen LogP contribution < -0.4 is 0 Å². The van der Waals surface area contributed by atoms with Crippen molar-refractivity contribution in [1.29, 1.82) is 0 Å². The molecule has 2 bridgehead atoms. The lowest BCUT2D eigenvalue weighted by Crippen LogP contribution is -2.53. The average molecular weight is 181 g/mol. The van der Waals surface area contributed by atoms with E-state index in [-0.39, 0.29) is 0 Å². The Hall–Kier alpha value is -0.570. The monoisotopic (exact) mass is 181 g/mol. The van der Waals surface area contributed by atoms with E-state index in [1.807, 2.05) is 0 Å². The maximum Gasteiger partial charge on any atom is 0.226 e. The third-order valence-corrected chi connectivity index (χ3v) is 3.57. The summed E-state index contributed by atoms with van der Waals surface area (Å²) in [6.07, 6.45) is 5.08. The number of amides is 1. The second kappa shape index (κ2) is 2.71. The normalized spacial score (nSPS) is 42.6. The van der Waals surface area contributed by atoms with Gasteiger partial charge in [0.2, 0.25) is 5.91 Å². The molecule has 0 aromatic rings. The summed E-state index contributed by atoms with van der Waals surface area (Å²) in [6, 6.07) is 0.543. The van der Waals surface area contributed by atoms with E-state index in [0.717, 1.165) is 26.0 Å². The number of carbonyl (C=O) groups excluding carboxylic acids is 1. The zero-order chi connectivity index (χ0) is 8.84. The lowest BCUT2D eigenvalue weighted by Gasteiger charge is -2.44. The standard InChI is InChI=1S/C10H15NO2/c12-10-7-1-3-8(4-2-7)11(10)5-9-6-13-9/h7-9H,1-6H2. The summed E-state index contributed by atoms with van der Waals surface area (Å²) in [7, 11) is 0. The van der Waals surface area contributed by atoms with Crippen molar-refractivity contribution >= 4 is 5.91 Å². The van der Waals surface area contributed by atoms with E-state index < -0.39 is 0 Å². The van der Waals surface area contributed by atoms with Gasteiger partial charge in [0, 0.05) is 18.5 Å². The van der Waals surface area contributed by atoms with E-state index in [2.05, 4.69) is 4.90 Å². The zero-order valence-electron chi connectivity index (χ0n) is 7.74. The highest BCUT2D eigenvalue weighted by Gasteiger charge is 2.42. The smallest absolute Gasteiger partial charge is 0.226 e. The molecule has 3 heteroatoms. The highest BCUT2D eigenvalue weighted by atomic mass is 16.6. The number of hydrogen-bond acceptors (Lipinski definition) is 2. The Morgan fingerprint density at radius 3 is 2.54 bits per heavy atom. The van der Waals surface area contributed by atoms with Gasteiger partial charge < -0.3 is 9.64 Å². The van der Waals surface area contributed by atoms with E-state index in [1.165, 1.54) is 12.8 Å². The molecule has 0 aromatic carbocycles. The molecule has 3 nitrogen and oxygen atoms in total. The molecule has 1 atom stereocenters. The Balaban J connectivity index is 1.73. The Kier molecular flexibility index (Phi) is 1.62. The molecular weight excluding hydrogens is 166 g/mol. The molecule has 4 fully saturated rings. The molecule has 0 aromatic heterocycles. The van der Waals surface area contributed by atoms with E-state index in [0.29, 0.717) is 24.0 Å². The molecule has 1 saturated carbocycles. The third kappa shape index (κ3) is 1.26. The number of epoxide rings is 1. The van der Waals surface area contributed by atoms with E-state index in [1.54, 1.807) is 0 Å². The van der Waals surface area contributed by atoms with Gasteiger partial charge in [-0.15, -0.1) is 0 Å². The van der Waals surface area contributed by atoms with Gasteiger partial charge >= 0.3 is 0 Å². The van der Waals surface area contributed by atoms with Crippen LogP contribution in [0, 0.1) is 5.92 Å². The number of rotatable bonds is 2. The first-order valence-corrected chi connectivity index (χ1v) is 5.26. The molecule has 4 rings (SSSR count). The van der Waals surface area contributed by atoms with Crippen molar-refractivity contribution in [2.45, 2.75) is 37.8 Å². The number of piperidine rings is 2. The summed E-state index contributed by atoms with van der Waals surface area (Å²) in [5.74, 6) is 0.752. The molecule has 4 aliphatic rings. The van der Waals surface area contributed by atoms with Crippen LogP contribution in [0.4, 0.5) is 0 Å². The van der Waals surface area contributed by atoms with Gasteiger partial charge in [-0.05, 0) is 25.7 Å². The molecule has 0 radical (unpaired) electrons. The number of ether oxygens (including phenoxy) is 1. The first-order chi connectivity index (χ1) is 6.34. The Labute approximate surface area is 78.0 Å². The van der Waals surface area contributed by atoms with Gasteiger partial charge in [0.05, 0.1) is 12.7 Å². The lowest BCUT2D eigenvalue weighted by atomic mass is 9.79. The molecule has 1 aliphatic carbocycles. The Bertz CT molecular complexity index is 229. The van der Waals surface area contributed by atoms with E-state index >= 15 is 0 Å². The second-order valence-corrected chi connectivity index (χ2v) is 4.45. The molecule has 1 amide bonds. The first-order valence-electron chi connectivity index (χ1n) is 5.26. The van der Waals surface area contributed by atoms with E-state index in [9.17, 15) is 4.79 Å². The zero-order valence-corrected chi connectivity index (χ0v) is 7.74. The fourth-order valence-corrected chi connectivity index (χ4v) is 2.68. The van der Waals surface area contributed by atoms with Crippen LogP contribution in [0.2, 0.25) is 0 Å². The summed E-state index contributed by atoms with van der Waals surface area (Å²) in [5.41, 5.74) is 0. The Morgan fingerprint density at radius 1 is 1.31 bits per heavy atom. The first kappa shape index (κ1) is 7.80. The predicted molar refractivity (Wildman–Crippen MR) is 47.2 cm³/mol. The van der Waals surface area contributed by atoms with Gasteiger partial charge in [0.25, 0.3) is 0 Å². The molecular formula is C10H15NO2. The SMILES string of the molecule is O=C1C2CCC(CC2)N1CC1CO1. The van der Waals surface area contributed by atoms with Gasteiger partial charge in [-0.1, -0.05) is 0 Å². The van der Waals surface area contributed by atoms with Crippen LogP contribution >= 0.6 is 0 Å². The van der Waals surface area contributed by atoms with Gasteiger partial charge in [-0.2, -0.15) is 0 Å². The minimum absolute atomic E-state index is 0.351. The summed E-state index contributed by atoms with van der Waals surface area (Å²) in [6.45, 7) is 1.72. The quantitative estimate of drug-likeness (QED) is 0.590. The molecule has 0 spiro atoms. The lowest BCUT2D eigenvalue weighted by molar-refractivity contribution is -0.147. The highest BCUT2D eigenvalue weighted by molar-refractivity contribution is 5.80. The van der Waals surface area contributed by atoms with Gasteiger partial charge in [0.15, 0.2) is 0 Å². The van der Waals surface area contributed by atoms with Crippen molar-refractivity contribution in [1.82, 2.24) is 4.90 Å². The van der Waals surface area contributed by atoms with E-state index in [4.69, 9.17) is 4.74 Å². The minimum atomic E-state index is 0.351. The molecule has 3 heterocycles. The van der Waals surface area contributed by atoms with Crippen LogP contribution in [0.1, 0.15) is 25.7 Å². The molecule has 1 unspecified atom stereocenters. The van der Waals surface area contributed by atoms with Crippen molar-refractivity contribution in [2.75, 3.05) is 13.2 Å². The minimum Gasteiger partial charge on any atom is -0.371 e. The van der Waals surface area contributed by atoms with Crippen molar-refractivity contribution in [3.63, 3.8) is 0 Å². The predicted octanol–water partition coefficient (Wildman–Crippen LogP) is 0.786. The van der Waals surface area contributed by atoms with Gasteiger partial charge in [0.1, 0.15) is 0 Å². The molecule has 13 heavy (non-hydrogen) atoms. The molecule has 3 saturated heterocycles. The summed E-state index contributed by atoms with van der Waals surface area (Å²) < 4.78 is 5.17. The number of carbonyl (C=O) groups is 1. The number of fused-ring (bicyclic) bond motifs is 3. The molecule has 3 aliphatic heterocycles. The van der Waals surface area contributed by atoms with Gasteiger partial charge in [-0.3, -0.25) is 4.79 Å². The second-order valence-electron chi connectivity index (χ2n) is 4.45. The van der Waals surface area contributed by atoms with Crippen molar-refractivity contribution in [3.8, 4) is 0 Å². The van der Waals surface area contributed by atoms with Crippen LogP contribution in [0.25, 0.3) is 0 Å². The third-order valence-electron chi connectivity index (χ3n) is 3.57. The highest BCUT2D eigenvalue weighted by Crippen LogP contribution is 2.36. The van der Waals surface area contributed by atoms with Crippen molar-refractivity contribution in [3.05, 3.63) is 0 Å². The topological polar surface area (TPSA) is 32.8 Å². The van der Waals surface area contributed by atoms with Crippen LogP contribution in [0.5, 0.6) is 0 Å². The summed E-state index contributed by atoms with van der Waals surface area (Å²) in [5, 5.41) is 0. The maximum atomic E-state index is 11.8. The number of hydrogen-bond donors (Lipinski definition) is 0. The van der Waals surface area contributed by atoms with Crippen molar-refractivity contribution in [2.24, 2.45) is 5.92 Å². The largest absolute Gasteiger partial charge is 0.371 e. The molecule has 0 N–H and O–H groups in total. The molecule has 72 valence electrons. The van der Waals surface area contributed by atoms with Crippen LogP contribution in [-0.4, -0.2) is 36.1 Å². The summed E-state index contributed by atoms with van der Waals surface area (Å²) in [4.78, 5) is 13.9. The van der Waals surface area contributed by atoms with Crippen molar-refractivity contribution < 1.29 is 9.53 Å². The number of nitrogens with zero attached hydrogens (tertiary/aromatic N) is 1. The van der Waals surface area contributed by atoms with Gasteiger partial charge in [-0.25, -0.2) is 0 Å². The fraction of sp³-hybridized carbons (Fsp3) is 0.900. The summed E-state index contributed by atoms with van der Waals surface area (Å²) >= 11 is 0. The average Bonchev–Trinajstić information content (AvgIpc) is 2.96. The fourth-order valence-electron chi connectivity index (χ4n) is 2.68. The Morgan fingerprint density at radius 2 is 2.00 bits per heavy atom. The van der Waals surface area contributed by atoms with Crippen LogP contribution in [0.15, 0.2) is 0 Å². The van der Waals surface area contributed by atoms with Crippen LogP contribution in [0.3, 0.4) is 0 Å². The maximum absolute atomic E-state index is 11.8.